The number of carbonyl (C=O) groups excluding carboxylic acids is 3. The lowest BCUT2D eigenvalue weighted by molar-refractivity contribution is -0.144. The predicted octanol–water partition coefficient (Wildman–Crippen LogP) is 8.35. The molecule has 5 aromatic rings. The molecule has 70 heavy (non-hydrogen) atoms. The Bertz CT molecular complexity index is 2570. The Labute approximate surface area is 412 Å². The van der Waals surface area contributed by atoms with Gasteiger partial charge in [-0.3, -0.25) is 19.3 Å². The Morgan fingerprint density at radius 2 is 1.64 bits per heavy atom. The number of hydrogen-bond donors (Lipinski definition) is 4. The zero-order chi connectivity index (χ0) is 50.3. The van der Waals surface area contributed by atoms with Gasteiger partial charge in [-0.15, -0.1) is 11.3 Å². The van der Waals surface area contributed by atoms with E-state index in [0.717, 1.165) is 38.2 Å². The molecule has 13 nitrogen and oxygen atoms in total. The number of aliphatic hydroxyl groups is 1. The first kappa shape index (κ1) is 52.5. The third-order valence-electron chi connectivity index (χ3n) is 12.9. The maximum Gasteiger partial charge on any atom is 0.246 e. The van der Waals surface area contributed by atoms with Gasteiger partial charge in [0.05, 0.1) is 34.8 Å². The summed E-state index contributed by atoms with van der Waals surface area (Å²) in [5.41, 5.74) is 4.73. The van der Waals surface area contributed by atoms with E-state index in [-0.39, 0.29) is 69.1 Å². The molecule has 7 rings (SSSR count). The third-order valence-corrected chi connectivity index (χ3v) is 13.9. The van der Waals surface area contributed by atoms with Crippen molar-refractivity contribution in [2.24, 2.45) is 5.41 Å². The number of halogens is 3. The van der Waals surface area contributed by atoms with Gasteiger partial charge in [0.25, 0.3) is 0 Å². The lowest BCUT2D eigenvalue weighted by Gasteiger charge is -2.43. The smallest absolute Gasteiger partial charge is 0.246 e. The van der Waals surface area contributed by atoms with Crippen LogP contribution in [0.3, 0.4) is 0 Å². The molecule has 1 fully saturated rings. The number of ether oxygens (including phenoxy) is 3. The van der Waals surface area contributed by atoms with Crippen LogP contribution >= 0.6 is 11.3 Å². The SMILES string of the molecule is Cc1ncsc1-c1ccc(CNC(=O)[C@@H]2C[C@@H](O)CN2C(=O)[C@@H](NC(=O)COCCCOCCCCOc2cc(F)c([C@@H]3c4[nH]c5ccccc5c4C[C@@H](C)N3CC(C)(C)F)c(F)c2)C(C)(C)C)cc1. The molecule has 5 atom stereocenters. The summed E-state index contributed by atoms with van der Waals surface area (Å²) in [6.45, 7) is 13.5. The third kappa shape index (κ3) is 12.9. The molecule has 1 saturated heterocycles. The average Bonchev–Trinajstić information content (AvgIpc) is 4.02. The number of aryl methyl sites for hydroxylation is 1. The van der Waals surface area contributed by atoms with Crippen LogP contribution in [0, 0.1) is 24.0 Å². The number of H-pyrrole nitrogens is 1. The van der Waals surface area contributed by atoms with Crippen LogP contribution in [0.2, 0.25) is 0 Å². The molecule has 0 saturated carbocycles. The van der Waals surface area contributed by atoms with Crippen LogP contribution in [0.5, 0.6) is 5.75 Å². The van der Waals surface area contributed by atoms with Crippen molar-refractivity contribution in [1.82, 2.24) is 30.4 Å². The van der Waals surface area contributed by atoms with E-state index in [2.05, 4.69) is 20.6 Å². The van der Waals surface area contributed by atoms with E-state index in [4.69, 9.17) is 14.2 Å². The van der Waals surface area contributed by atoms with Crippen LogP contribution < -0.4 is 15.4 Å². The minimum atomic E-state index is -1.60. The van der Waals surface area contributed by atoms with Gasteiger partial charge in [0.1, 0.15) is 41.7 Å². The second-order valence-corrected chi connectivity index (χ2v) is 21.1. The minimum Gasteiger partial charge on any atom is -0.493 e. The largest absolute Gasteiger partial charge is 0.493 e. The number of nitrogens with one attached hydrogen (secondary N) is 3. The van der Waals surface area contributed by atoms with E-state index in [1.54, 1.807) is 16.8 Å². The quantitative estimate of drug-likeness (QED) is 0.0531. The molecule has 3 amide bonds. The van der Waals surface area contributed by atoms with Gasteiger partial charge in [0, 0.05) is 86.2 Å². The van der Waals surface area contributed by atoms with Crippen molar-refractivity contribution < 1.29 is 46.9 Å². The molecule has 0 bridgehead atoms. The van der Waals surface area contributed by atoms with Gasteiger partial charge in [0.2, 0.25) is 17.7 Å². The number of fused-ring (bicyclic) bond motifs is 3. The molecule has 0 unspecified atom stereocenters. The average molecular weight is 989 g/mol. The number of aromatic amines is 1. The number of thiazole rings is 1. The summed E-state index contributed by atoms with van der Waals surface area (Å²) in [7, 11) is 0. The van der Waals surface area contributed by atoms with Crippen LogP contribution in [0.15, 0.2) is 66.2 Å². The molecule has 0 aliphatic carbocycles. The number of hydrogen-bond acceptors (Lipinski definition) is 10. The van der Waals surface area contributed by atoms with Gasteiger partial charge >= 0.3 is 0 Å². The van der Waals surface area contributed by atoms with E-state index in [9.17, 15) is 19.5 Å². The molecule has 2 aliphatic rings. The van der Waals surface area contributed by atoms with Crippen LogP contribution in [0.25, 0.3) is 21.3 Å². The summed E-state index contributed by atoms with van der Waals surface area (Å²) in [5.74, 6) is -2.79. The van der Waals surface area contributed by atoms with Crippen molar-refractivity contribution >= 4 is 40.0 Å². The first-order chi connectivity index (χ1) is 33.3. The number of nitrogens with zero attached hydrogens (tertiary/aromatic N) is 3. The fourth-order valence-corrected chi connectivity index (χ4v) is 10.2. The number of likely N-dealkylation sites (tertiary alicyclic amines) is 1. The summed E-state index contributed by atoms with van der Waals surface area (Å²) in [6, 6.07) is 15.1. The molecular formula is C53H67F3N6O7S. The Hall–Kier alpha value is -5.33. The minimum absolute atomic E-state index is 0.0103. The van der Waals surface area contributed by atoms with Crippen molar-refractivity contribution in [3.05, 3.63) is 106 Å². The monoisotopic (exact) mass is 988 g/mol. The fourth-order valence-electron chi connectivity index (χ4n) is 9.41. The normalized spacial score (nSPS) is 19.0. The van der Waals surface area contributed by atoms with Crippen LogP contribution in [0.4, 0.5) is 13.2 Å². The molecule has 378 valence electrons. The highest BCUT2D eigenvalue weighted by atomic mass is 32.1. The first-order valence-electron chi connectivity index (χ1n) is 24.2. The second kappa shape index (κ2) is 22.8. The highest BCUT2D eigenvalue weighted by Gasteiger charge is 2.45. The maximum atomic E-state index is 16.0. The second-order valence-electron chi connectivity index (χ2n) is 20.2. The molecule has 17 heteroatoms. The number of β-amino-alcohol motifs (C(OH)–C–C–N with tert-alkyl or cyclic N) is 1. The standard InChI is InChI=1S/C53H67F3N6O7S/c1-32-23-39-38-13-8-9-14-42(38)59-46(39)47(62(32)30-53(6,7)56)45-40(54)25-37(26-41(45)55)69-22-11-10-19-67-20-12-21-68-29-44(64)60-49(52(3,4)5)51(66)61-28-36(63)24-43(61)50(65)57-27-34-15-17-35(18-16-34)48-33(2)58-31-70-48/h8-9,13-18,25-26,31-32,36,43,47,49,59,63H,10-12,19-24,27-30H2,1-7H3,(H,57,65)(H,60,64)/t32-,36-,43+,47-,49-/m1/s1. The Morgan fingerprint density at radius 3 is 2.33 bits per heavy atom. The number of aliphatic hydroxyl groups excluding tert-OH is 1. The summed E-state index contributed by atoms with van der Waals surface area (Å²) in [6.07, 6.45) is 1.51. The van der Waals surface area contributed by atoms with Crippen molar-refractivity contribution in [2.45, 2.75) is 123 Å². The summed E-state index contributed by atoms with van der Waals surface area (Å²) >= 11 is 1.56. The first-order valence-corrected chi connectivity index (χ1v) is 25.0. The molecule has 0 radical (unpaired) electrons. The molecule has 4 N–H and O–H groups in total. The number of para-hydroxylation sites is 1. The summed E-state index contributed by atoms with van der Waals surface area (Å²) in [4.78, 5) is 52.4. The van der Waals surface area contributed by atoms with E-state index in [0.29, 0.717) is 44.6 Å². The summed E-state index contributed by atoms with van der Waals surface area (Å²) in [5, 5.41) is 17.3. The molecule has 0 spiro atoms. The predicted molar refractivity (Wildman–Crippen MR) is 264 cm³/mol. The number of aromatic nitrogens is 2. The van der Waals surface area contributed by atoms with Crippen molar-refractivity contribution in [3.63, 3.8) is 0 Å². The molecule has 3 aromatic carbocycles. The molecule has 2 aromatic heterocycles. The van der Waals surface area contributed by atoms with Gasteiger partial charge in [-0.2, -0.15) is 0 Å². The highest BCUT2D eigenvalue weighted by molar-refractivity contribution is 7.13. The number of amides is 3. The van der Waals surface area contributed by atoms with E-state index in [1.165, 1.54) is 30.9 Å². The zero-order valence-electron chi connectivity index (χ0n) is 41.2. The number of alkyl halides is 1. The highest BCUT2D eigenvalue weighted by Crippen LogP contribution is 2.44. The van der Waals surface area contributed by atoms with Gasteiger partial charge < -0.3 is 39.8 Å². The molecular weight excluding hydrogens is 922 g/mol. The fraction of sp³-hybridized carbons (Fsp3) is 0.509. The van der Waals surface area contributed by atoms with Crippen molar-refractivity contribution in [3.8, 4) is 16.2 Å². The van der Waals surface area contributed by atoms with Gasteiger partial charge in [-0.05, 0) is 81.5 Å². The van der Waals surface area contributed by atoms with Crippen LogP contribution in [-0.2, 0) is 36.8 Å². The Balaban J connectivity index is 0.808. The van der Waals surface area contributed by atoms with Crippen LogP contribution in [0.1, 0.15) is 101 Å². The number of rotatable bonds is 21. The van der Waals surface area contributed by atoms with Gasteiger partial charge in [0.15, 0.2) is 0 Å². The van der Waals surface area contributed by atoms with E-state index in [1.807, 2.05) is 88.0 Å². The molecule has 2 aliphatic heterocycles. The molecule has 4 heterocycles. The topological polar surface area (TPSA) is 158 Å². The lowest BCUT2D eigenvalue weighted by atomic mass is 9.85. The van der Waals surface area contributed by atoms with Crippen molar-refractivity contribution in [2.75, 3.05) is 46.1 Å². The van der Waals surface area contributed by atoms with Crippen molar-refractivity contribution in [1.29, 1.82) is 0 Å². The van der Waals surface area contributed by atoms with Crippen LogP contribution in [-0.4, -0.2) is 119 Å². The number of carbonyl (C=O) groups is 3. The number of unbranched alkanes of at least 4 members (excludes halogenated alkanes) is 1. The Kier molecular flexibility index (Phi) is 17.1. The zero-order valence-corrected chi connectivity index (χ0v) is 42.0. The summed E-state index contributed by atoms with van der Waals surface area (Å²) < 4.78 is 64.3. The van der Waals surface area contributed by atoms with E-state index < -0.39 is 58.8 Å². The van der Waals surface area contributed by atoms with Gasteiger partial charge in [-0.1, -0.05) is 63.2 Å². The van der Waals surface area contributed by atoms with E-state index >= 15 is 13.2 Å². The Morgan fingerprint density at radius 1 is 0.957 bits per heavy atom. The maximum absolute atomic E-state index is 16.0. The number of benzene rings is 3. The van der Waals surface area contributed by atoms with Gasteiger partial charge in [-0.25, -0.2) is 18.2 Å². The lowest BCUT2D eigenvalue weighted by Crippen LogP contribution is -2.58.